The van der Waals surface area contributed by atoms with Crippen molar-refractivity contribution in [2.45, 2.75) is 6.92 Å². The number of H-pyrrole nitrogens is 1. The molecule has 2 heterocycles. The van der Waals surface area contributed by atoms with E-state index in [2.05, 4.69) is 15.0 Å². The SMILES string of the molecule is CCN(C)c1nc2c([nH]1)c(=N)ncn2C. The third-order valence-corrected chi connectivity index (χ3v) is 2.44. The smallest absolute Gasteiger partial charge is 0.205 e. The highest BCUT2D eigenvalue weighted by Crippen LogP contribution is 2.11. The number of hydrogen-bond donors (Lipinski definition) is 2. The Bertz CT molecular complexity index is 537. The molecule has 0 aliphatic rings. The van der Waals surface area contributed by atoms with E-state index in [0.29, 0.717) is 5.52 Å². The fourth-order valence-corrected chi connectivity index (χ4v) is 1.37. The molecule has 2 N–H and O–H groups in total. The first-order valence-corrected chi connectivity index (χ1v) is 4.80. The zero-order valence-electron chi connectivity index (χ0n) is 9.07. The Morgan fingerprint density at radius 3 is 2.93 bits per heavy atom. The molecule has 2 rings (SSSR count). The summed E-state index contributed by atoms with van der Waals surface area (Å²) in [5.41, 5.74) is 1.66. The maximum absolute atomic E-state index is 7.66. The molecular formula is C9H14N6. The first-order chi connectivity index (χ1) is 7.13. The van der Waals surface area contributed by atoms with Crippen molar-refractivity contribution >= 4 is 17.1 Å². The maximum Gasteiger partial charge on any atom is 0.205 e. The minimum absolute atomic E-state index is 0.228. The number of aryl methyl sites for hydroxylation is 1. The molecule has 15 heavy (non-hydrogen) atoms. The molecule has 0 aromatic carbocycles. The zero-order valence-corrected chi connectivity index (χ0v) is 9.07. The number of rotatable bonds is 2. The molecule has 0 atom stereocenters. The summed E-state index contributed by atoms with van der Waals surface area (Å²) in [6.07, 6.45) is 1.60. The van der Waals surface area contributed by atoms with Crippen LogP contribution in [0.15, 0.2) is 6.33 Å². The fourth-order valence-electron chi connectivity index (χ4n) is 1.37. The van der Waals surface area contributed by atoms with E-state index in [9.17, 15) is 0 Å². The minimum Gasteiger partial charge on any atom is -0.346 e. The summed E-state index contributed by atoms with van der Waals surface area (Å²) in [6.45, 7) is 2.91. The third kappa shape index (κ3) is 1.47. The van der Waals surface area contributed by atoms with E-state index in [1.807, 2.05) is 25.9 Å². The number of aromatic nitrogens is 4. The van der Waals surface area contributed by atoms with Crippen LogP contribution >= 0.6 is 0 Å². The lowest BCUT2D eigenvalue weighted by molar-refractivity contribution is 0.872. The zero-order chi connectivity index (χ0) is 11.0. The first kappa shape index (κ1) is 9.70. The number of aromatic amines is 1. The van der Waals surface area contributed by atoms with Crippen molar-refractivity contribution in [2.75, 3.05) is 18.5 Å². The standard InChI is InChI=1S/C9H14N6/c1-4-14(2)9-12-6-7(10)11-5-15(3)8(6)13-9/h5,10H,4H2,1-3H3,(H,12,13). The van der Waals surface area contributed by atoms with Gasteiger partial charge in [-0.1, -0.05) is 0 Å². The molecule has 2 aromatic rings. The van der Waals surface area contributed by atoms with Crippen molar-refractivity contribution in [3.8, 4) is 0 Å². The molecule has 0 radical (unpaired) electrons. The average molecular weight is 206 g/mol. The molecule has 2 aromatic heterocycles. The topological polar surface area (TPSA) is 73.6 Å². The molecule has 0 fully saturated rings. The van der Waals surface area contributed by atoms with E-state index in [0.717, 1.165) is 18.1 Å². The molecule has 0 amide bonds. The van der Waals surface area contributed by atoms with Crippen LogP contribution in [0.3, 0.4) is 0 Å². The maximum atomic E-state index is 7.66. The molecule has 80 valence electrons. The van der Waals surface area contributed by atoms with Crippen LogP contribution in [-0.2, 0) is 7.05 Å². The Hall–Kier alpha value is -1.85. The van der Waals surface area contributed by atoms with Gasteiger partial charge in [-0.2, -0.15) is 4.98 Å². The molecule has 0 bridgehead atoms. The van der Waals surface area contributed by atoms with Crippen LogP contribution in [0.1, 0.15) is 6.92 Å². The van der Waals surface area contributed by atoms with Crippen LogP contribution in [0, 0.1) is 5.41 Å². The number of imidazole rings is 1. The number of anilines is 1. The van der Waals surface area contributed by atoms with Crippen molar-refractivity contribution < 1.29 is 0 Å². The summed E-state index contributed by atoms with van der Waals surface area (Å²) in [6, 6.07) is 0. The Morgan fingerprint density at radius 2 is 2.33 bits per heavy atom. The van der Waals surface area contributed by atoms with Gasteiger partial charge in [0.2, 0.25) is 5.95 Å². The second-order valence-electron chi connectivity index (χ2n) is 3.48. The van der Waals surface area contributed by atoms with Gasteiger partial charge in [0.25, 0.3) is 0 Å². The number of nitrogens with one attached hydrogen (secondary N) is 2. The van der Waals surface area contributed by atoms with Gasteiger partial charge in [0.1, 0.15) is 5.52 Å². The lowest BCUT2D eigenvalue weighted by atomic mass is 10.5. The van der Waals surface area contributed by atoms with Crippen LogP contribution in [-0.4, -0.2) is 33.1 Å². The summed E-state index contributed by atoms with van der Waals surface area (Å²) in [5.74, 6) is 0.768. The molecule has 0 aliphatic heterocycles. The summed E-state index contributed by atoms with van der Waals surface area (Å²) in [4.78, 5) is 13.4. The molecular weight excluding hydrogens is 192 g/mol. The van der Waals surface area contributed by atoms with E-state index in [-0.39, 0.29) is 5.49 Å². The van der Waals surface area contributed by atoms with Gasteiger partial charge in [0, 0.05) is 20.6 Å². The molecule has 0 unspecified atom stereocenters. The van der Waals surface area contributed by atoms with Gasteiger partial charge in [-0.05, 0) is 6.92 Å². The highest BCUT2D eigenvalue weighted by Gasteiger charge is 2.08. The Kier molecular flexibility index (Phi) is 2.18. The Labute approximate surface area is 87.1 Å². The normalized spacial score (nSPS) is 10.9. The van der Waals surface area contributed by atoms with Crippen LogP contribution in [0.4, 0.5) is 5.95 Å². The summed E-state index contributed by atoms with van der Waals surface area (Å²) in [7, 11) is 3.82. The lowest BCUT2D eigenvalue weighted by Gasteiger charge is -2.11. The Balaban J connectivity index is 2.70. The van der Waals surface area contributed by atoms with Gasteiger partial charge in [-0.15, -0.1) is 0 Å². The quantitative estimate of drug-likeness (QED) is 0.738. The monoisotopic (exact) mass is 206 g/mol. The molecule has 6 nitrogen and oxygen atoms in total. The third-order valence-electron chi connectivity index (χ3n) is 2.44. The number of hydrogen-bond acceptors (Lipinski definition) is 4. The van der Waals surface area contributed by atoms with Crippen molar-refractivity contribution in [1.82, 2.24) is 19.5 Å². The molecule has 0 spiro atoms. The summed E-state index contributed by atoms with van der Waals surface area (Å²) >= 11 is 0. The molecule has 0 saturated heterocycles. The number of nitrogens with zero attached hydrogens (tertiary/aromatic N) is 4. The van der Waals surface area contributed by atoms with Crippen LogP contribution < -0.4 is 10.4 Å². The van der Waals surface area contributed by atoms with E-state index in [1.54, 1.807) is 10.9 Å². The second-order valence-corrected chi connectivity index (χ2v) is 3.48. The van der Waals surface area contributed by atoms with Gasteiger partial charge < -0.3 is 14.5 Å². The Morgan fingerprint density at radius 1 is 1.60 bits per heavy atom. The largest absolute Gasteiger partial charge is 0.346 e. The summed E-state index contributed by atoms with van der Waals surface area (Å²) < 4.78 is 1.80. The van der Waals surface area contributed by atoms with Crippen molar-refractivity contribution in [2.24, 2.45) is 7.05 Å². The van der Waals surface area contributed by atoms with Gasteiger partial charge in [0.15, 0.2) is 11.1 Å². The van der Waals surface area contributed by atoms with Gasteiger partial charge in [-0.25, -0.2) is 4.98 Å². The summed E-state index contributed by atoms with van der Waals surface area (Å²) in [5, 5.41) is 7.66. The predicted molar refractivity (Wildman–Crippen MR) is 57.7 cm³/mol. The predicted octanol–water partition coefficient (Wildman–Crippen LogP) is 0.232. The van der Waals surface area contributed by atoms with Gasteiger partial charge in [-0.3, -0.25) is 5.41 Å². The molecule has 6 heteroatoms. The van der Waals surface area contributed by atoms with Gasteiger partial charge >= 0.3 is 0 Å². The van der Waals surface area contributed by atoms with Crippen molar-refractivity contribution in [3.63, 3.8) is 0 Å². The minimum atomic E-state index is 0.228. The lowest BCUT2D eigenvalue weighted by Crippen LogP contribution is -2.17. The highest BCUT2D eigenvalue weighted by molar-refractivity contribution is 5.72. The van der Waals surface area contributed by atoms with E-state index >= 15 is 0 Å². The molecule has 0 saturated carbocycles. The van der Waals surface area contributed by atoms with Gasteiger partial charge in [0.05, 0.1) is 6.33 Å². The van der Waals surface area contributed by atoms with Crippen molar-refractivity contribution in [1.29, 1.82) is 5.41 Å². The number of fused-ring (bicyclic) bond motifs is 1. The second kappa shape index (κ2) is 3.38. The first-order valence-electron chi connectivity index (χ1n) is 4.80. The van der Waals surface area contributed by atoms with E-state index in [1.165, 1.54) is 0 Å². The van der Waals surface area contributed by atoms with Crippen molar-refractivity contribution in [3.05, 3.63) is 11.8 Å². The van der Waals surface area contributed by atoms with E-state index in [4.69, 9.17) is 5.41 Å². The van der Waals surface area contributed by atoms with Crippen LogP contribution in [0.2, 0.25) is 0 Å². The van der Waals surface area contributed by atoms with Crippen LogP contribution in [0.25, 0.3) is 11.2 Å². The van der Waals surface area contributed by atoms with Crippen LogP contribution in [0.5, 0.6) is 0 Å². The average Bonchev–Trinajstić information content (AvgIpc) is 2.68. The van der Waals surface area contributed by atoms with E-state index < -0.39 is 0 Å². The highest BCUT2D eigenvalue weighted by atomic mass is 15.3. The molecule has 0 aliphatic carbocycles. The fraction of sp³-hybridized carbons (Fsp3) is 0.444.